The molecule has 0 spiro atoms. The zero-order valence-electron chi connectivity index (χ0n) is 11.0. The molecule has 5 rings (SSSR count). The molecule has 0 unspecified atom stereocenters. The van der Waals surface area contributed by atoms with Crippen LogP contribution in [0.3, 0.4) is 0 Å². The molecule has 4 nitrogen and oxygen atoms in total. The van der Waals surface area contributed by atoms with Crippen molar-refractivity contribution in [3.8, 4) is 0 Å². The van der Waals surface area contributed by atoms with E-state index in [2.05, 4.69) is 4.98 Å². The first kappa shape index (κ1) is 11.5. The number of aliphatic carboxylic acids is 1. The topological polar surface area (TPSA) is 63.3 Å². The SMILES string of the molecule is O=C(O)Cc1ocnc1C12CC3CC(CC(C3)C1)C2. The van der Waals surface area contributed by atoms with Crippen molar-refractivity contribution in [3.63, 3.8) is 0 Å². The first-order chi connectivity index (χ1) is 9.14. The molecule has 19 heavy (non-hydrogen) atoms. The third-order valence-electron chi connectivity index (χ3n) is 5.49. The molecule has 4 heteroatoms. The van der Waals surface area contributed by atoms with Crippen LogP contribution < -0.4 is 0 Å². The molecule has 1 aromatic rings. The molecule has 0 aromatic carbocycles. The molecule has 1 aromatic heterocycles. The molecular formula is C15H19NO3. The maximum absolute atomic E-state index is 11.0. The first-order valence-electron chi connectivity index (χ1n) is 7.29. The highest BCUT2D eigenvalue weighted by molar-refractivity contribution is 5.69. The van der Waals surface area contributed by atoms with Gasteiger partial charge in [-0.2, -0.15) is 0 Å². The molecule has 4 bridgehead atoms. The second-order valence-electron chi connectivity index (χ2n) is 6.89. The van der Waals surface area contributed by atoms with Crippen LogP contribution in [0.2, 0.25) is 0 Å². The van der Waals surface area contributed by atoms with Gasteiger partial charge >= 0.3 is 5.97 Å². The van der Waals surface area contributed by atoms with Crippen molar-refractivity contribution in [2.45, 2.75) is 50.4 Å². The largest absolute Gasteiger partial charge is 0.481 e. The molecule has 0 atom stereocenters. The summed E-state index contributed by atoms with van der Waals surface area (Å²) in [6.45, 7) is 0. The van der Waals surface area contributed by atoms with Crippen molar-refractivity contribution in [1.82, 2.24) is 4.98 Å². The van der Waals surface area contributed by atoms with E-state index in [-0.39, 0.29) is 11.8 Å². The predicted octanol–water partition coefficient (Wildman–Crippen LogP) is 2.77. The molecule has 0 amide bonds. The van der Waals surface area contributed by atoms with Gasteiger partial charge in [0.1, 0.15) is 12.2 Å². The maximum Gasteiger partial charge on any atom is 0.311 e. The number of carboxylic acid groups (broad SMARTS) is 1. The summed E-state index contributed by atoms with van der Waals surface area (Å²) in [5, 5.41) is 9.00. The Hall–Kier alpha value is -1.32. The zero-order valence-corrected chi connectivity index (χ0v) is 11.0. The Labute approximate surface area is 112 Å². The second-order valence-corrected chi connectivity index (χ2v) is 6.89. The van der Waals surface area contributed by atoms with E-state index in [1.807, 2.05) is 0 Å². The van der Waals surface area contributed by atoms with Crippen LogP contribution in [0, 0.1) is 17.8 Å². The van der Waals surface area contributed by atoms with Gasteiger partial charge < -0.3 is 9.52 Å². The zero-order chi connectivity index (χ0) is 13.0. The average molecular weight is 261 g/mol. The lowest BCUT2D eigenvalue weighted by molar-refractivity contribution is -0.136. The summed E-state index contributed by atoms with van der Waals surface area (Å²) in [6.07, 6.45) is 9.12. The van der Waals surface area contributed by atoms with Gasteiger partial charge in [0.15, 0.2) is 6.39 Å². The Kier molecular flexibility index (Phi) is 2.32. The Balaban J connectivity index is 1.72. The second kappa shape index (κ2) is 3.84. The lowest BCUT2D eigenvalue weighted by Gasteiger charge is -2.56. The molecule has 4 aliphatic carbocycles. The summed E-state index contributed by atoms with van der Waals surface area (Å²) >= 11 is 0. The van der Waals surface area contributed by atoms with Crippen molar-refractivity contribution in [1.29, 1.82) is 0 Å². The fraction of sp³-hybridized carbons (Fsp3) is 0.733. The lowest BCUT2D eigenvalue weighted by atomic mass is 9.48. The summed E-state index contributed by atoms with van der Waals surface area (Å²) in [5.41, 5.74) is 1.10. The van der Waals surface area contributed by atoms with E-state index in [0.29, 0.717) is 5.76 Å². The molecular weight excluding hydrogens is 242 g/mol. The van der Waals surface area contributed by atoms with Gasteiger partial charge in [0, 0.05) is 5.41 Å². The van der Waals surface area contributed by atoms with Gasteiger partial charge in [-0.05, 0) is 56.3 Å². The van der Waals surface area contributed by atoms with E-state index in [0.717, 1.165) is 23.4 Å². The number of rotatable bonds is 3. The van der Waals surface area contributed by atoms with Crippen LogP contribution in [0.4, 0.5) is 0 Å². The van der Waals surface area contributed by atoms with Crippen molar-refractivity contribution in [3.05, 3.63) is 17.8 Å². The molecule has 1 heterocycles. The van der Waals surface area contributed by atoms with Crippen LogP contribution in [0.1, 0.15) is 50.0 Å². The van der Waals surface area contributed by atoms with E-state index in [4.69, 9.17) is 9.52 Å². The minimum absolute atomic E-state index is 0.0307. The smallest absolute Gasteiger partial charge is 0.311 e. The minimum Gasteiger partial charge on any atom is -0.481 e. The third-order valence-corrected chi connectivity index (χ3v) is 5.49. The standard InChI is InChI=1S/C15H19NO3/c17-13(18)4-12-14(16-8-19-12)15-5-9-1-10(6-15)3-11(2-9)7-15/h8-11H,1-7H2,(H,17,18). The lowest BCUT2D eigenvalue weighted by Crippen LogP contribution is -2.49. The molecule has 0 aliphatic heterocycles. The van der Waals surface area contributed by atoms with Crippen molar-refractivity contribution in [2.24, 2.45) is 17.8 Å². The molecule has 102 valence electrons. The highest BCUT2D eigenvalue weighted by Crippen LogP contribution is 2.60. The van der Waals surface area contributed by atoms with Crippen molar-refractivity contribution >= 4 is 5.97 Å². The number of carboxylic acids is 1. The van der Waals surface area contributed by atoms with Crippen molar-refractivity contribution < 1.29 is 14.3 Å². The van der Waals surface area contributed by atoms with Crippen LogP contribution in [0.25, 0.3) is 0 Å². The highest BCUT2D eigenvalue weighted by atomic mass is 16.4. The molecule has 4 saturated carbocycles. The molecule has 0 radical (unpaired) electrons. The van der Waals surface area contributed by atoms with Gasteiger partial charge in [0.25, 0.3) is 0 Å². The van der Waals surface area contributed by atoms with Crippen LogP contribution >= 0.6 is 0 Å². The van der Waals surface area contributed by atoms with Gasteiger partial charge in [-0.1, -0.05) is 0 Å². The summed E-state index contributed by atoms with van der Waals surface area (Å²) in [6, 6.07) is 0. The van der Waals surface area contributed by atoms with Gasteiger partial charge in [-0.25, -0.2) is 4.98 Å². The third kappa shape index (κ3) is 1.72. The Morgan fingerprint density at radius 1 is 1.26 bits per heavy atom. The molecule has 0 saturated heterocycles. The van der Waals surface area contributed by atoms with Gasteiger partial charge in [0.2, 0.25) is 0 Å². The number of carbonyl (C=O) groups is 1. The number of hydrogen-bond acceptors (Lipinski definition) is 3. The quantitative estimate of drug-likeness (QED) is 0.908. The first-order valence-corrected chi connectivity index (χ1v) is 7.29. The normalized spacial score (nSPS) is 39.7. The molecule has 4 aliphatic rings. The van der Waals surface area contributed by atoms with E-state index in [9.17, 15) is 4.79 Å². The average Bonchev–Trinajstić information content (AvgIpc) is 2.74. The minimum atomic E-state index is -0.831. The fourth-order valence-electron chi connectivity index (χ4n) is 5.37. The summed E-state index contributed by atoms with van der Waals surface area (Å²) in [5.74, 6) is 2.26. The maximum atomic E-state index is 11.0. The Morgan fingerprint density at radius 2 is 1.84 bits per heavy atom. The van der Waals surface area contributed by atoms with Crippen LogP contribution in [0.15, 0.2) is 10.8 Å². The molecule has 1 N–H and O–H groups in total. The summed E-state index contributed by atoms with van der Waals surface area (Å²) in [7, 11) is 0. The monoisotopic (exact) mass is 261 g/mol. The number of aromatic nitrogens is 1. The summed E-state index contributed by atoms with van der Waals surface area (Å²) in [4.78, 5) is 15.4. The van der Waals surface area contributed by atoms with Gasteiger partial charge in [-0.3, -0.25) is 4.79 Å². The number of nitrogens with zero attached hydrogens (tertiary/aromatic N) is 1. The summed E-state index contributed by atoms with van der Waals surface area (Å²) < 4.78 is 5.37. The molecule has 4 fully saturated rings. The fourth-order valence-corrected chi connectivity index (χ4v) is 5.37. The van der Waals surface area contributed by atoms with E-state index < -0.39 is 5.97 Å². The number of oxazole rings is 1. The Bertz CT molecular complexity index is 484. The van der Waals surface area contributed by atoms with Crippen LogP contribution in [-0.2, 0) is 16.6 Å². The van der Waals surface area contributed by atoms with E-state index >= 15 is 0 Å². The highest BCUT2D eigenvalue weighted by Gasteiger charge is 2.53. The Morgan fingerprint density at radius 3 is 2.37 bits per heavy atom. The van der Waals surface area contributed by atoms with Crippen LogP contribution in [0.5, 0.6) is 0 Å². The van der Waals surface area contributed by atoms with Crippen molar-refractivity contribution in [2.75, 3.05) is 0 Å². The van der Waals surface area contributed by atoms with Crippen LogP contribution in [-0.4, -0.2) is 16.1 Å². The van der Waals surface area contributed by atoms with Gasteiger partial charge in [0.05, 0.1) is 5.69 Å². The number of hydrogen-bond donors (Lipinski definition) is 1. The van der Waals surface area contributed by atoms with E-state index in [1.54, 1.807) is 0 Å². The van der Waals surface area contributed by atoms with Gasteiger partial charge in [-0.15, -0.1) is 0 Å². The van der Waals surface area contributed by atoms with E-state index in [1.165, 1.54) is 44.9 Å². The predicted molar refractivity (Wildman–Crippen MR) is 67.7 cm³/mol.